The average Bonchev–Trinajstić information content (AvgIpc) is 2.91. The Morgan fingerprint density at radius 3 is 2.95 bits per heavy atom. The van der Waals surface area contributed by atoms with Crippen molar-refractivity contribution in [2.75, 3.05) is 26.2 Å². The van der Waals surface area contributed by atoms with Crippen molar-refractivity contribution in [3.63, 3.8) is 0 Å². The van der Waals surface area contributed by atoms with Crippen LogP contribution < -0.4 is 5.32 Å². The van der Waals surface area contributed by atoms with Crippen molar-refractivity contribution in [3.05, 3.63) is 36.3 Å². The van der Waals surface area contributed by atoms with Crippen molar-refractivity contribution in [1.29, 1.82) is 0 Å². The zero-order valence-corrected chi connectivity index (χ0v) is 13.0. The van der Waals surface area contributed by atoms with Crippen LogP contribution in [0.2, 0.25) is 0 Å². The Bertz CT molecular complexity index is 522. The number of hydrogen-bond acceptors (Lipinski definition) is 3. The first-order chi connectivity index (χ1) is 10.3. The van der Waals surface area contributed by atoms with Crippen LogP contribution in [0.3, 0.4) is 0 Å². The standard InChI is InChI=1S/C17H26N4/c1-15-6-11-20(12-7-15)9-4-8-18-13-16-14-21-10-3-2-5-17(21)19-16/h2-3,5,10,14-15,18H,4,6-9,11-13H2,1H3. The highest BCUT2D eigenvalue weighted by Gasteiger charge is 2.14. The van der Waals surface area contributed by atoms with E-state index in [2.05, 4.69) is 32.7 Å². The second-order valence-corrected chi connectivity index (χ2v) is 6.25. The quantitative estimate of drug-likeness (QED) is 0.828. The van der Waals surface area contributed by atoms with Crippen molar-refractivity contribution >= 4 is 5.65 Å². The summed E-state index contributed by atoms with van der Waals surface area (Å²) in [4.78, 5) is 7.20. The van der Waals surface area contributed by atoms with E-state index in [4.69, 9.17) is 0 Å². The van der Waals surface area contributed by atoms with Gasteiger partial charge in [0.2, 0.25) is 0 Å². The molecule has 4 nitrogen and oxygen atoms in total. The lowest BCUT2D eigenvalue weighted by atomic mass is 9.99. The van der Waals surface area contributed by atoms with Crippen LogP contribution in [0.15, 0.2) is 30.6 Å². The molecule has 21 heavy (non-hydrogen) atoms. The molecule has 0 bridgehead atoms. The van der Waals surface area contributed by atoms with Gasteiger partial charge in [0.1, 0.15) is 5.65 Å². The molecule has 0 radical (unpaired) electrons. The molecule has 3 rings (SSSR count). The zero-order chi connectivity index (χ0) is 14.5. The molecule has 0 saturated carbocycles. The van der Waals surface area contributed by atoms with Crippen LogP contribution >= 0.6 is 0 Å². The number of fused-ring (bicyclic) bond motifs is 1. The van der Waals surface area contributed by atoms with E-state index in [0.29, 0.717) is 0 Å². The molecule has 0 atom stereocenters. The average molecular weight is 286 g/mol. The van der Waals surface area contributed by atoms with Crippen LogP contribution in [0.1, 0.15) is 31.9 Å². The fourth-order valence-corrected chi connectivity index (χ4v) is 3.00. The number of rotatable bonds is 6. The maximum absolute atomic E-state index is 4.60. The van der Waals surface area contributed by atoms with Crippen LogP contribution in [0.5, 0.6) is 0 Å². The number of likely N-dealkylation sites (tertiary alicyclic amines) is 1. The van der Waals surface area contributed by atoms with E-state index < -0.39 is 0 Å². The van der Waals surface area contributed by atoms with Gasteiger partial charge >= 0.3 is 0 Å². The molecule has 1 N–H and O–H groups in total. The van der Waals surface area contributed by atoms with E-state index in [1.807, 2.05) is 24.4 Å². The van der Waals surface area contributed by atoms with E-state index in [0.717, 1.165) is 30.3 Å². The first-order valence-electron chi connectivity index (χ1n) is 8.17. The molecular formula is C17H26N4. The molecule has 0 amide bonds. The van der Waals surface area contributed by atoms with E-state index in [1.54, 1.807) is 0 Å². The third-order valence-corrected chi connectivity index (χ3v) is 4.42. The largest absolute Gasteiger partial charge is 0.311 e. The Balaban J connectivity index is 1.34. The minimum Gasteiger partial charge on any atom is -0.311 e. The molecular weight excluding hydrogens is 260 g/mol. The van der Waals surface area contributed by atoms with Gasteiger partial charge in [-0.15, -0.1) is 0 Å². The lowest BCUT2D eigenvalue weighted by Crippen LogP contribution is -2.34. The minimum absolute atomic E-state index is 0.860. The third kappa shape index (κ3) is 4.05. The lowest BCUT2D eigenvalue weighted by molar-refractivity contribution is 0.190. The van der Waals surface area contributed by atoms with E-state index in [1.165, 1.54) is 38.9 Å². The summed E-state index contributed by atoms with van der Waals surface area (Å²) in [7, 11) is 0. The van der Waals surface area contributed by atoms with Crippen molar-refractivity contribution < 1.29 is 0 Å². The van der Waals surface area contributed by atoms with Gasteiger partial charge in [-0.05, 0) is 63.5 Å². The highest BCUT2D eigenvalue weighted by atomic mass is 15.1. The third-order valence-electron chi connectivity index (χ3n) is 4.42. The molecule has 3 heterocycles. The van der Waals surface area contributed by atoms with Crippen molar-refractivity contribution in [3.8, 4) is 0 Å². The fourth-order valence-electron chi connectivity index (χ4n) is 3.00. The SMILES string of the molecule is CC1CCN(CCCNCc2cn3ccccc3n2)CC1. The molecule has 0 spiro atoms. The molecule has 1 fully saturated rings. The Hall–Kier alpha value is -1.39. The van der Waals surface area contributed by atoms with E-state index >= 15 is 0 Å². The van der Waals surface area contributed by atoms with Crippen molar-refractivity contribution in [2.45, 2.75) is 32.7 Å². The highest BCUT2D eigenvalue weighted by molar-refractivity contribution is 5.39. The van der Waals surface area contributed by atoms with Gasteiger partial charge in [-0.3, -0.25) is 0 Å². The molecule has 1 saturated heterocycles. The van der Waals surface area contributed by atoms with Gasteiger partial charge in [0.05, 0.1) is 5.69 Å². The smallest absolute Gasteiger partial charge is 0.137 e. The Morgan fingerprint density at radius 2 is 2.14 bits per heavy atom. The molecule has 0 aromatic carbocycles. The number of hydrogen-bond donors (Lipinski definition) is 1. The van der Waals surface area contributed by atoms with Gasteiger partial charge in [-0.25, -0.2) is 4.98 Å². The van der Waals surface area contributed by atoms with Crippen LogP contribution in [0, 0.1) is 5.92 Å². The summed E-state index contributed by atoms with van der Waals surface area (Å²) in [6, 6.07) is 6.10. The second-order valence-electron chi connectivity index (χ2n) is 6.25. The Morgan fingerprint density at radius 1 is 1.29 bits per heavy atom. The van der Waals surface area contributed by atoms with Crippen molar-refractivity contribution in [1.82, 2.24) is 19.6 Å². The van der Waals surface area contributed by atoms with Crippen LogP contribution in [-0.2, 0) is 6.54 Å². The monoisotopic (exact) mass is 286 g/mol. The lowest BCUT2D eigenvalue weighted by Gasteiger charge is -2.30. The van der Waals surface area contributed by atoms with Crippen LogP contribution in [-0.4, -0.2) is 40.5 Å². The summed E-state index contributed by atoms with van der Waals surface area (Å²) in [6.07, 6.45) is 8.11. The summed E-state index contributed by atoms with van der Waals surface area (Å²) in [5.41, 5.74) is 2.14. The molecule has 1 aliphatic rings. The summed E-state index contributed by atoms with van der Waals surface area (Å²) < 4.78 is 2.08. The first kappa shape index (κ1) is 14.5. The van der Waals surface area contributed by atoms with E-state index in [9.17, 15) is 0 Å². The summed E-state index contributed by atoms with van der Waals surface area (Å²) in [5, 5.41) is 3.51. The van der Waals surface area contributed by atoms with Gasteiger partial charge in [0.15, 0.2) is 0 Å². The summed E-state index contributed by atoms with van der Waals surface area (Å²) in [5.74, 6) is 0.925. The zero-order valence-electron chi connectivity index (χ0n) is 13.0. The molecule has 2 aromatic rings. The Kier molecular flexibility index (Phi) is 4.88. The number of nitrogens with one attached hydrogen (secondary N) is 1. The highest BCUT2D eigenvalue weighted by Crippen LogP contribution is 2.15. The van der Waals surface area contributed by atoms with Gasteiger partial charge in [0, 0.05) is 18.9 Å². The van der Waals surface area contributed by atoms with Crippen LogP contribution in [0.4, 0.5) is 0 Å². The molecule has 4 heteroatoms. The Labute approximate surface area is 127 Å². The van der Waals surface area contributed by atoms with Gasteiger partial charge in [-0.1, -0.05) is 13.0 Å². The first-order valence-corrected chi connectivity index (χ1v) is 8.17. The maximum Gasteiger partial charge on any atom is 0.137 e. The molecule has 1 aliphatic heterocycles. The number of piperidine rings is 1. The fraction of sp³-hybridized carbons (Fsp3) is 0.588. The van der Waals surface area contributed by atoms with Gasteiger partial charge in [-0.2, -0.15) is 0 Å². The topological polar surface area (TPSA) is 32.6 Å². The van der Waals surface area contributed by atoms with Gasteiger partial charge < -0.3 is 14.6 Å². The summed E-state index contributed by atoms with van der Waals surface area (Å²) >= 11 is 0. The van der Waals surface area contributed by atoms with E-state index in [-0.39, 0.29) is 0 Å². The molecule has 0 aliphatic carbocycles. The summed E-state index contributed by atoms with van der Waals surface area (Å²) in [6.45, 7) is 8.10. The van der Waals surface area contributed by atoms with Crippen LogP contribution in [0.25, 0.3) is 5.65 Å². The molecule has 114 valence electrons. The predicted octanol–water partition coefficient (Wildman–Crippen LogP) is 2.55. The maximum atomic E-state index is 4.60. The number of pyridine rings is 1. The van der Waals surface area contributed by atoms with Gasteiger partial charge in [0.25, 0.3) is 0 Å². The molecule has 0 unspecified atom stereocenters. The molecule has 2 aromatic heterocycles. The number of imidazole rings is 1. The number of aromatic nitrogens is 2. The van der Waals surface area contributed by atoms with Crippen molar-refractivity contribution in [2.24, 2.45) is 5.92 Å². The minimum atomic E-state index is 0.860. The predicted molar refractivity (Wildman–Crippen MR) is 86.4 cm³/mol. The normalized spacial score (nSPS) is 17.6. The number of nitrogens with zero attached hydrogens (tertiary/aromatic N) is 3. The second kappa shape index (κ2) is 7.05.